The van der Waals surface area contributed by atoms with E-state index in [4.69, 9.17) is 23.2 Å². The second-order valence-corrected chi connectivity index (χ2v) is 7.87. The van der Waals surface area contributed by atoms with Gasteiger partial charge in [0.15, 0.2) is 5.82 Å². The number of aromatic nitrogens is 3. The molecule has 124 valence electrons. The highest BCUT2D eigenvalue weighted by Gasteiger charge is 2.10. The minimum Gasteiger partial charge on any atom is -0.266 e. The topological polar surface area (TPSA) is 47.3 Å². The van der Waals surface area contributed by atoms with Gasteiger partial charge in [0, 0.05) is 20.5 Å². The molecule has 4 rings (SSSR count). The number of rotatable bonds is 3. The lowest BCUT2D eigenvalue weighted by Gasteiger charge is -1.99. The SMILES string of the molecule is O=c1/c(=C/c2c(Cl)cccc2Cl)sc2nc(/C=C/c3cccs3)nn12. The average Bonchev–Trinajstić information content (AvgIpc) is 3.28. The molecule has 0 unspecified atom stereocenters. The molecule has 0 spiro atoms. The van der Waals surface area contributed by atoms with Gasteiger partial charge in [-0.25, -0.2) is 0 Å². The summed E-state index contributed by atoms with van der Waals surface area (Å²) < 4.78 is 1.79. The van der Waals surface area contributed by atoms with Crippen molar-refractivity contribution < 1.29 is 0 Å². The highest BCUT2D eigenvalue weighted by molar-refractivity contribution is 7.15. The van der Waals surface area contributed by atoms with E-state index >= 15 is 0 Å². The van der Waals surface area contributed by atoms with E-state index in [2.05, 4.69) is 10.1 Å². The average molecular weight is 406 g/mol. The lowest BCUT2D eigenvalue weighted by atomic mass is 10.2. The molecule has 0 atom stereocenters. The van der Waals surface area contributed by atoms with Crippen molar-refractivity contribution in [3.63, 3.8) is 0 Å². The van der Waals surface area contributed by atoms with Crippen LogP contribution in [0, 0.1) is 0 Å². The predicted molar refractivity (Wildman–Crippen MR) is 106 cm³/mol. The summed E-state index contributed by atoms with van der Waals surface area (Å²) in [4.78, 5) is 18.5. The molecule has 0 fully saturated rings. The zero-order valence-corrected chi connectivity index (χ0v) is 15.7. The van der Waals surface area contributed by atoms with Crippen molar-refractivity contribution in [3.05, 3.63) is 76.9 Å². The maximum Gasteiger partial charge on any atom is 0.291 e. The third-order valence-electron chi connectivity index (χ3n) is 3.41. The maximum absolute atomic E-state index is 12.5. The van der Waals surface area contributed by atoms with Crippen LogP contribution in [0.1, 0.15) is 16.3 Å². The number of fused-ring (bicyclic) bond motifs is 1. The third-order valence-corrected chi connectivity index (χ3v) is 5.87. The first-order valence-electron chi connectivity index (χ1n) is 7.19. The number of hydrogen-bond acceptors (Lipinski definition) is 5. The Kier molecular flexibility index (Phi) is 4.43. The summed E-state index contributed by atoms with van der Waals surface area (Å²) >= 11 is 15.2. The second-order valence-electron chi connectivity index (χ2n) is 5.06. The molecule has 4 aromatic rings. The van der Waals surface area contributed by atoms with Crippen LogP contribution in [0.4, 0.5) is 0 Å². The van der Waals surface area contributed by atoms with Gasteiger partial charge in [-0.1, -0.05) is 46.7 Å². The quantitative estimate of drug-likeness (QED) is 0.512. The molecule has 0 aliphatic carbocycles. The first-order valence-corrected chi connectivity index (χ1v) is 9.64. The Bertz CT molecular complexity index is 1170. The number of hydrogen-bond donors (Lipinski definition) is 0. The number of thiophene rings is 1. The van der Waals surface area contributed by atoms with Crippen LogP contribution in [-0.2, 0) is 0 Å². The standard InChI is InChI=1S/C17H9Cl2N3OS2/c18-12-4-1-5-13(19)11(12)9-14-16(23)22-17(25-14)20-15(21-22)7-6-10-3-2-8-24-10/h1-9H/b7-6+,14-9-. The van der Waals surface area contributed by atoms with Crippen molar-refractivity contribution in [2.75, 3.05) is 0 Å². The minimum atomic E-state index is -0.237. The van der Waals surface area contributed by atoms with Gasteiger partial charge >= 0.3 is 0 Å². The Morgan fingerprint density at radius 2 is 1.88 bits per heavy atom. The van der Waals surface area contributed by atoms with Gasteiger partial charge in [0.1, 0.15) is 0 Å². The first-order chi connectivity index (χ1) is 12.1. The fraction of sp³-hybridized carbons (Fsp3) is 0. The van der Waals surface area contributed by atoms with E-state index < -0.39 is 0 Å². The molecule has 1 aromatic carbocycles. The zero-order valence-electron chi connectivity index (χ0n) is 12.5. The molecule has 0 radical (unpaired) electrons. The molecule has 0 amide bonds. The summed E-state index contributed by atoms with van der Waals surface area (Å²) in [5.74, 6) is 0.499. The van der Waals surface area contributed by atoms with E-state index in [1.807, 2.05) is 23.6 Å². The van der Waals surface area contributed by atoms with Crippen molar-refractivity contribution >= 4 is 69.1 Å². The molecular weight excluding hydrogens is 397 g/mol. The van der Waals surface area contributed by atoms with Crippen molar-refractivity contribution in [3.8, 4) is 0 Å². The highest BCUT2D eigenvalue weighted by atomic mass is 35.5. The Labute approximate surface area is 160 Å². The smallest absolute Gasteiger partial charge is 0.266 e. The van der Waals surface area contributed by atoms with Gasteiger partial charge in [-0.05, 0) is 41.8 Å². The Morgan fingerprint density at radius 1 is 1.08 bits per heavy atom. The number of benzene rings is 1. The van der Waals surface area contributed by atoms with Gasteiger partial charge in [0.05, 0.1) is 4.53 Å². The normalized spacial score (nSPS) is 12.6. The lowest BCUT2D eigenvalue weighted by molar-refractivity contribution is 0.925. The van der Waals surface area contributed by atoms with E-state index in [-0.39, 0.29) is 5.56 Å². The van der Waals surface area contributed by atoms with Crippen LogP contribution in [0.5, 0.6) is 0 Å². The van der Waals surface area contributed by atoms with Crippen LogP contribution in [0.2, 0.25) is 10.0 Å². The molecule has 0 N–H and O–H groups in total. The van der Waals surface area contributed by atoms with E-state index in [0.717, 1.165) is 4.88 Å². The van der Waals surface area contributed by atoms with Crippen molar-refractivity contribution in [2.45, 2.75) is 0 Å². The summed E-state index contributed by atoms with van der Waals surface area (Å²) in [7, 11) is 0. The van der Waals surface area contributed by atoms with Crippen molar-refractivity contribution in [1.29, 1.82) is 0 Å². The predicted octanol–water partition coefficient (Wildman–Crippen LogP) is 4.24. The highest BCUT2D eigenvalue weighted by Crippen LogP contribution is 2.24. The monoisotopic (exact) mass is 405 g/mol. The fourth-order valence-electron chi connectivity index (χ4n) is 2.24. The van der Waals surface area contributed by atoms with E-state index in [9.17, 15) is 4.79 Å². The van der Waals surface area contributed by atoms with Crippen LogP contribution in [0.15, 0.2) is 40.5 Å². The molecule has 3 aromatic heterocycles. The van der Waals surface area contributed by atoms with Gasteiger partial charge < -0.3 is 0 Å². The van der Waals surface area contributed by atoms with Crippen LogP contribution >= 0.6 is 45.9 Å². The molecule has 8 heteroatoms. The van der Waals surface area contributed by atoms with Crippen molar-refractivity contribution in [2.24, 2.45) is 0 Å². The van der Waals surface area contributed by atoms with Crippen LogP contribution in [-0.4, -0.2) is 14.6 Å². The summed E-state index contributed by atoms with van der Waals surface area (Å²) in [6.07, 6.45) is 5.39. The molecule has 0 aliphatic rings. The fourth-order valence-corrected chi connectivity index (χ4v) is 4.26. The van der Waals surface area contributed by atoms with Crippen LogP contribution in [0.3, 0.4) is 0 Å². The molecular formula is C17H9Cl2N3OS2. The Hall–Kier alpha value is -1.99. The van der Waals surface area contributed by atoms with Gasteiger partial charge in [-0.15, -0.1) is 16.4 Å². The molecule has 25 heavy (non-hydrogen) atoms. The summed E-state index contributed by atoms with van der Waals surface area (Å²) in [6.45, 7) is 0. The first kappa shape index (κ1) is 16.5. The Morgan fingerprint density at radius 3 is 2.56 bits per heavy atom. The van der Waals surface area contributed by atoms with Gasteiger partial charge in [-0.3, -0.25) is 4.79 Å². The molecule has 0 saturated carbocycles. The van der Waals surface area contributed by atoms with E-state index in [0.29, 0.717) is 30.9 Å². The third kappa shape index (κ3) is 3.26. The number of nitrogens with zero attached hydrogens (tertiary/aromatic N) is 3. The largest absolute Gasteiger partial charge is 0.291 e. The summed E-state index contributed by atoms with van der Waals surface area (Å²) in [6, 6.07) is 9.19. The number of halogens is 2. The molecule has 0 aliphatic heterocycles. The van der Waals surface area contributed by atoms with E-state index in [1.165, 1.54) is 15.9 Å². The second kappa shape index (κ2) is 6.72. The van der Waals surface area contributed by atoms with Gasteiger partial charge in [0.2, 0.25) is 4.96 Å². The summed E-state index contributed by atoms with van der Waals surface area (Å²) in [5, 5.41) is 7.23. The summed E-state index contributed by atoms with van der Waals surface area (Å²) in [5.41, 5.74) is 0.379. The number of thiazole rings is 1. The minimum absolute atomic E-state index is 0.237. The van der Waals surface area contributed by atoms with E-state index in [1.54, 1.807) is 41.7 Å². The lowest BCUT2D eigenvalue weighted by Crippen LogP contribution is -2.23. The molecule has 0 saturated heterocycles. The zero-order chi connectivity index (χ0) is 17.4. The Balaban J connectivity index is 1.76. The van der Waals surface area contributed by atoms with Gasteiger partial charge in [0.25, 0.3) is 5.56 Å². The maximum atomic E-state index is 12.5. The van der Waals surface area contributed by atoms with Crippen LogP contribution in [0.25, 0.3) is 23.2 Å². The van der Waals surface area contributed by atoms with Gasteiger partial charge in [-0.2, -0.15) is 9.50 Å². The van der Waals surface area contributed by atoms with Crippen LogP contribution < -0.4 is 10.1 Å². The van der Waals surface area contributed by atoms with Crippen molar-refractivity contribution in [1.82, 2.24) is 14.6 Å². The molecule has 4 nitrogen and oxygen atoms in total. The molecule has 0 bridgehead atoms. The molecule has 3 heterocycles.